The number of nitrogens with zero attached hydrogens (tertiary/aromatic N) is 7. The lowest BCUT2D eigenvalue weighted by molar-refractivity contribution is 0.0172. The number of pyridine rings is 1. The molecular weight excluding hydrogens is 570 g/mol. The molecule has 0 amide bonds. The van der Waals surface area contributed by atoms with Crippen molar-refractivity contribution < 1.29 is 4.42 Å². The Labute approximate surface area is 266 Å². The summed E-state index contributed by atoms with van der Waals surface area (Å²) in [6.45, 7) is 1.92. The summed E-state index contributed by atoms with van der Waals surface area (Å²) in [5, 5.41) is 59.9. The Morgan fingerprint density at radius 2 is 1.24 bits per heavy atom. The van der Waals surface area contributed by atoms with Crippen molar-refractivity contribution in [1.29, 1.82) is 31.6 Å². The fourth-order valence-corrected chi connectivity index (χ4v) is 7.66. The van der Waals surface area contributed by atoms with E-state index in [2.05, 4.69) is 11.1 Å². The topological polar surface area (TPSA) is 169 Å². The maximum Gasteiger partial charge on any atom is 0.227 e. The van der Waals surface area contributed by atoms with Crippen LogP contribution in [0.25, 0.3) is 33.2 Å². The Morgan fingerprint density at radius 1 is 0.674 bits per heavy atom. The Kier molecular flexibility index (Phi) is 7.90. The highest BCUT2D eigenvalue weighted by Crippen LogP contribution is 2.60. The van der Waals surface area contributed by atoms with Gasteiger partial charge >= 0.3 is 0 Å². The van der Waals surface area contributed by atoms with Gasteiger partial charge in [0.15, 0.2) is 0 Å². The van der Waals surface area contributed by atoms with E-state index in [1.54, 1.807) is 18.2 Å². The van der Waals surface area contributed by atoms with E-state index in [0.717, 1.165) is 51.6 Å². The van der Waals surface area contributed by atoms with E-state index >= 15 is 0 Å². The lowest BCUT2D eigenvalue weighted by atomic mass is 9.48. The van der Waals surface area contributed by atoms with Crippen LogP contribution in [0.4, 0.5) is 0 Å². The van der Waals surface area contributed by atoms with Crippen LogP contribution < -0.4 is 0 Å². The summed E-state index contributed by atoms with van der Waals surface area (Å²) in [4.78, 5) is 4.53. The van der Waals surface area contributed by atoms with Crippen molar-refractivity contribution in [3.8, 4) is 47.5 Å². The van der Waals surface area contributed by atoms with E-state index in [9.17, 15) is 31.6 Å². The quantitative estimate of drug-likeness (QED) is 0.210. The van der Waals surface area contributed by atoms with Gasteiger partial charge in [0, 0.05) is 16.5 Å². The molecule has 6 atom stereocenters. The maximum atomic E-state index is 9.72. The standard InChI is InChI=1S/C38H25N7O/c1-22-5-7-32-30-8-6-27(15-36(30)46-38(32)45-22)26-3-2-4-28(14-26)37-31-10-9-29(35(37)13-25(20-43)21-44)33(11-23(16-39)17-40)34(31)12-24(18-41)19-42/h2-8,11-15,29,31,33-35,37H,9-10H2,1H3. The highest BCUT2D eigenvalue weighted by Gasteiger charge is 2.52. The molecule has 3 fully saturated rings. The molecule has 0 saturated heterocycles. The molecule has 8 heteroatoms. The number of hydrogen-bond acceptors (Lipinski definition) is 8. The van der Waals surface area contributed by atoms with Crippen LogP contribution in [0.5, 0.6) is 0 Å². The smallest absolute Gasteiger partial charge is 0.227 e. The largest absolute Gasteiger partial charge is 0.438 e. The summed E-state index contributed by atoms with van der Waals surface area (Å²) in [6, 6.07) is 30.1. The van der Waals surface area contributed by atoms with Crippen molar-refractivity contribution in [2.75, 3.05) is 0 Å². The van der Waals surface area contributed by atoms with Crippen LogP contribution in [0, 0.1) is 104 Å². The Balaban J connectivity index is 1.49. The first-order valence-corrected chi connectivity index (χ1v) is 14.9. The third kappa shape index (κ3) is 5.17. The summed E-state index contributed by atoms with van der Waals surface area (Å²) >= 11 is 0. The average Bonchev–Trinajstić information content (AvgIpc) is 3.45. The summed E-state index contributed by atoms with van der Waals surface area (Å²) in [6.07, 6.45) is 6.58. The van der Waals surface area contributed by atoms with Gasteiger partial charge in [0.1, 0.15) is 58.7 Å². The van der Waals surface area contributed by atoms with Crippen LogP contribution in [-0.2, 0) is 0 Å². The lowest BCUT2D eigenvalue weighted by Crippen LogP contribution is -2.48. The van der Waals surface area contributed by atoms with E-state index in [4.69, 9.17) is 4.42 Å². The van der Waals surface area contributed by atoms with E-state index < -0.39 is 0 Å². The lowest BCUT2D eigenvalue weighted by Gasteiger charge is -2.55. The molecule has 4 aromatic rings. The van der Waals surface area contributed by atoms with Crippen LogP contribution in [0.15, 0.2) is 94.0 Å². The van der Waals surface area contributed by atoms with Crippen LogP contribution >= 0.6 is 0 Å². The first-order chi connectivity index (χ1) is 22.4. The van der Waals surface area contributed by atoms with Crippen LogP contribution in [0.1, 0.15) is 30.0 Å². The minimum Gasteiger partial charge on any atom is -0.438 e. The molecule has 0 radical (unpaired) electrons. The fraction of sp³-hybridized carbons (Fsp3) is 0.237. The molecule has 8 nitrogen and oxygen atoms in total. The van der Waals surface area contributed by atoms with Gasteiger partial charge in [-0.25, -0.2) is 4.98 Å². The molecule has 3 aliphatic carbocycles. The summed E-state index contributed by atoms with van der Waals surface area (Å²) in [5.41, 5.74) is 5.05. The number of aryl methyl sites for hydroxylation is 1. The van der Waals surface area contributed by atoms with Crippen molar-refractivity contribution in [2.45, 2.75) is 25.7 Å². The molecule has 2 heterocycles. The van der Waals surface area contributed by atoms with Gasteiger partial charge in [0.2, 0.25) is 5.71 Å². The fourth-order valence-electron chi connectivity index (χ4n) is 7.66. The van der Waals surface area contributed by atoms with Gasteiger partial charge in [-0.2, -0.15) is 31.6 Å². The van der Waals surface area contributed by atoms with Crippen molar-refractivity contribution in [1.82, 2.24) is 4.98 Å². The van der Waals surface area contributed by atoms with E-state index in [1.807, 2.05) is 91.9 Å². The van der Waals surface area contributed by atoms with Gasteiger partial charge in [-0.3, -0.25) is 0 Å². The summed E-state index contributed by atoms with van der Waals surface area (Å²) < 4.78 is 6.11. The van der Waals surface area contributed by atoms with Crippen LogP contribution in [0.2, 0.25) is 0 Å². The number of nitriles is 6. The van der Waals surface area contributed by atoms with Crippen molar-refractivity contribution in [3.63, 3.8) is 0 Å². The van der Waals surface area contributed by atoms with Gasteiger partial charge in [-0.15, -0.1) is 0 Å². The molecule has 0 aliphatic heterocycles. The molecule has 6 unspecified atom stereocenters. The molecule has 7 rings (SSSR count). The zero-order valence-corrected chi connectivity index (χ0v) is 24.8. The number of aromatic nitrogens is 1. The normalized spacial score (nSPS) is 22.6. The molecular formula is C38H25N7O. The third-order valence-electron chi connectivity index (χ3n) is 9.52. The highest BCUT2D eigenvalue weighted by atomic mass is 16.3. The molecule has 0 N–H and O–H groups in total. The van der Waals surface area contributed by atoms with E-state index in [1.165, 1.54) is 0 Å². The molecule has 2 aromatic carbocycles. The van der Waals surface area contributed by atoms with Gasteiger partial charge in [-0.05, 0) is 96.2 Å². The first kappa shape index (κ1) is 29.6. The number of allylic oxidation sites excluding steroid dienone is 6. The molecule has 2 aromatic heterocycles. The minimum absolute atomic E-state index is 0.00300. The average molecular weight is 596 g/mol. The summed E-state index contributed by atoms with van der Waals surface area (Å²) in [5.74, 6) is -1.30. The number of fused-ring (bicyclic) bond motifs is 6. The second-order valence-electron chi connectivity index (χ2n) is 11.8. The van der Waals surface area contributed by atoms with E-state index in [0.29, 0.717) is 5.71 Å². The first-order valence-electron chi connectivity index (χ1n) is 14.9. The number of furan rings is 1. The third-order valence-corrected chi connectivity index (χ3v) is 9.52. The second-order valence-corrected chi connectivity index (χ2v) is 11.8. The molecule has 218 valence electrons. The Hall–Kier alpha value is -6.45. The van der Waals surface area contributed by atoms with Gasteiger partial charge in [-0.1, -0.05) is 48.6 Å². The van der Waals surface area contributed by atoms with Gasteiger partial charge in [0.05, 0.1) is 0 Å². The van der Waals surface area contributed by atoms with Gasteiger partial charge < -0.3 is 4.42 Å². The van der Waals surface area contributed by atoms with Crippen molar-refractivity contribution in [2.24, 2.45) is 29.6 Å². The highest BCUT2D eigenvalue weighted by molar-refractivity contribution is 6.04. The van der Waals surface area contributed by atoms with Gasteiger partial charge in [0.25, 0.3) is 0 Å². The molecule has 46 heavy (non-hydrogen) atoms. The predicted octanol–water partition coefficient (Wildman–Crippen LogP) is 7.85. The number of hydrogen-bond donors (Lipinski definition) is 0. The Morgan fingerprint density at radius 3 is 1.89 bits per heavy atom. The SMILES string of the molecule is Cc1ccc2c(n1)oc1cc(-c3cccc(C4C(C=C(C#N)C#N)C5CCC4C(C=C(C#N)C#N)C5C=C(C#N)C#N)c3)ccc12. The second kappa shape index (κ2) is 12.3. The molecule has 2 bridgehead atoms. The maximum absolute atomic E-state index is 9.72. The molecule has 3 saturated carbocycles. The zero-order valence-electron chi connectivity index (χ0n) is 24.8. The Bertz CT molecular complexity index is 2200. The van der Waals surface area contributed by atoms with E-state index in [-0.39, 0.29) is 52.2 Å². The minimum atomic E-state index is -0.336. The molecule has 3 aliphatic rings. The van der Waals surface area contributed by atoms with Crippen molar-refractivity contribution >= 4 is 22.1 Å². The number of rotatable bonds is 5. The number of benzene rings is 2. The van der Waals surface area contributed by atoms with Crippen molar-refractivity contribution in [3.05, 3.63) is 101 Å². The predicted molar refractivity (Wildman–Crippen MR) is 169 cm³/mol. The van der Waals surface area contributed by atoms with Crippen LogP contribution in [-0.4, -0.2) is 4.98 Å². The zero-order chi connectivity index (χ0) is 32.4. The molecule has 0 spiro atoms. The van der Waals surface area contributed by atoms with Crippen LogP contribution in [0.3, 0.4) is 0 Å². The summed E-state index contributed by atoms with van der Waals surface area (Å²) in [7, 11) is 0. The monoisotopic (exact) mass is 595 g/mol.